The monoisotopic (exact) mass is 308 g/mol. The highest BCUT2D eigenvalue weighted by Gasteiger charge is 2.41. The zero-order valence-electron chi connectivity index (χ0n) is 13.9. The second-order valence-electron chi connectivity index (χ2n) is 7.32. The first-order valence-corrected chi connectivity index (χ1v) is 8.17. The van der Waals surface area contributed by atoms with Crippen LogP contribution in [0.1, 0.15) is 53.4 Å². The van der Waals surface area contributed by atoms with Crippen molar-refractivity contribution in [2.75, 3.05) is 26.2 Å². The zero-order valence-corrected chi connectivity index (χ0v) is 13.9. The average molecular weight is 308 g/mol. The fourth-order valence-corrected chi connectivity index (χ4v) is 2.96. The van der Waals surface area contributed by atoms with Gasteiger partial charge in [-0.1, -0.05) is 27.7 Å². The van der Waals surface area contributed by atoms with Crippen molar-refractivity contribution < 1.29 is 13.2 Å². The summed E-state index contributed by atoms with van der Waals surface area (Å²) < 4.78 is 37.9. The molecule has 1 atom stereocenters. The lowest BCUT2D eigenvalue weighted by Gasteiger charge is -2.36. The van der Waals surface area contributed by atoms with Crippen molar-refractivity contribution in [1.29, 1.82) is 0 Å². The van der Waals surface area contributed by atoms with Crippen LogP contribution in [0.3, 0.4) is 0 Å². The van der Waals surface area contributed by atoms with Gasteiger partial charge in [-0.3, -0.25) is 0 Å². The van der Waals surface area contributed by atoms with Crippen LogP contribution in [0.5, 0.6) is 0 Å². The molecule has 0 radical (unpaired) electrons. The molecule has 0 amide bonds. The molecule has 1 aliphatic rings. The van der Waals surface area contributed by atoms with Gasteiger partial charge in [0.25, 0.3) is 0 Å². The minimum absolute atomic E-state index is 0.180. The van der Waals surface area contributed by atoms with E-state index in [2.05, 4.69) is 37.9 Å². The van der Waals surface area contributed by atoms with Crippen LogP contribution in [0.2, 0.25) is 0 Å². The minimum Gasteiger partial charge on any atom is -0.313 e. The van der Waals surface area contributed by atoms with Gasteiger partial charge in [-0.25, -0.2) is 0 Å². The molecule has 0 bridgehead atoms. The molecular weight excluding hydrogens is 277 g/mol. The van der Waals surface area contributed by atoms with Crippen LogP contribution in [-0.2, 0) is 0 Å². The predicted molar refractivity (Wildman–Crippen MR) is 81.4 cm³/mol. The standard InChI is InChI=1S/C16H31F3N2/c1-5-9-20-14(15(2,3)4)8-12-21-10-6-13(7-11-21)16(17,18)19/h13-14,20H,5-12H2,1-4H3. The van der Waals surface area contributed by atoms with Crippen LogP contribution in [-0.4, -0.2) is 43.3 Å². The summed E-state index contributed by atoms with van der Waals surface area (Å²) in [6.07, 6.45) is -1.40. The second kappa shape index (κ2) is 7.82. The van der Waals surface area contributed by atoms with E-state index in [9.17, 15) is 13.2 Å². The molecule has 1 N–H and O–H groups in total. The van der Waals surface area contributed by atoms with E-state index >= 15 is 0 Å². The van der Waals surface area contributed by atoms with Crippen molar-refractivity contribution >= 4 is 0 Å². The SMILES string of the molecule is CCCNC(CCN1CCC(C(F)(F)F)CC1)C(C)(C)C. The number of nitrogens with zero attached hydrogens (tertiary/aromatic N) is 1. The Labute approximate surface area is 127 Å². The molecule has 2 nitrogen and oxygen atoms in total. The number of alkyl halides is 3. The van der Waals surface area contributed by atoms with E-state index in [1.165, 1.54) is 0 Å². The summed E-state index contributed by atoms with van der Waals surface area (Å²) in [7, 11) is 0. The predicted octanol–water partition coefficient (Wildman–Crippen LogP) is 4.07. The van der Waals surface area contributed by atoms with Gasteiger partial charge >= 0.3 is 6.18 Å². The quantitative estimate of drug-likeness (QED) is 0.796. The van der Waals surface area contributed by atoms with Crippen LogP contribution in [0, 0.1) is 11.3 Å². The fourth-order valence-electron chi connectivity index (χ4n) is 2.96. The van der Waals surface area contributed by atoms with Gasteiger partial charge in [0.1, 0.15) is 0 Å². The molecular formula is C16H31F3N2. The lowest BCUT2D eigenvalue weighted by molar-refractivity contribution is -0.185. The zero-order chi connectivity index (χ0) is 16.1. The van der Waals surface area contributed by atoms with Crippen molar-refractivity contribution in [1.82, 2.24) is 10.2 Å². The number of hydrogen-bond acceptors (Lipinski definition) is 2. The number of nitrogens with one attached hydrogen (secondary N) is 1. The summed E-state index contributed by atoms with van der Waals surface area (Å²) in [6.45, 7) is 11.8. The molecule has 0 aromatic carbocycles. The van der Waals surface area contributed by atoms with Gasteiger partial charge in [0.05, 0.1) is 5.92 Å². The third-order valence-electron chi connectivity index (χ3n) is 4.47. The second-order valence-corrected chi connectivity index (χ2v) is 7.32. The maximum atomic E-state index is 12.6. The van der Waals surface area contributed by atoms with Crippen molar-refractivity contribution in [2.45, 2.75) is 65.6 Å². The molecule has 1 heterocycles. The highest BCUT2D eigenvalue weighted by Crippen LogP contribution is 2.34. The minimum atomic E-state index is -4.01. The van der Waals surface area contributed by atoms with Crippen LogP contribution >= 0.6 is 0 Å². The Morgan fingerprint density at radius 1 is 1.14 bits per heavy atom. The normalized spacial score (nSPS) is 20.7. The van der Waals surface area contributed by atoms with E-state index < -0.39 is 12.1 Å². The smallest absolute Gasteiger partial charge is 0.313 e. The van der Waals surface area contributed by atoms with Gasteiger partial charge in [-0.05, 0) is 57.3 Å². The molecule has 0 aromatic heterocycles. The lowest BCUT2D eigenvalue weighted by Crippen LogP contribution is -2.45. The van der Waals surface area contributed by atoms with Gasteiger partial charge in [-0.2, -0.15) is 13.2 Å². The number of piperidine rings is 1. The van der Waals surface area contributed by atoms with Crippen LogP contribution in [0.15, 0.2) is 0 Å². The Hall–Kier alpha value is -0.290. The highest BCUT2D eigenvalue weighted by molar-refractivity contribution is 4.83. The van der Waals surface area contributed by atoms with Gasteiger partial charge in [0, 0.05) is 6.04 Å². The van der Waals surface area contributed by atoms with Gasteiger partial charge < -0.3 is 10.2 Å². The highest BCUT2D eigenvalue weighted by atomic mass is 19.4. The lowest BCUT2D eigenvalue weighted by atomic mass is 9.84. The molecule has 21 heavy (non-hydrogen) atoms. The summed E-state index contributed by atoms with van der Waals surface area (Å²) in [5.41, 5.74) is 0.180. The Bertz CT molecular complexity index is 289. The molecule has 1 saturated heterocycles. The number of hydrogen-bond donors (Lipinski definition) is 1. The maximum absolute atomic E-state index is 12.6. The van der Waals surface area contributed by atoms with Crippen molar-refractivity contribution in [3.05, 3.63) is 0 Å². The van der Waals surface area contributed by atoms with Crippen LogP contribution in [0.25, 0.3) is 0 Å². The van der Waals surface area contributed by atoms with E-state index in [-0.39, 0.29) is 18.3 Å². The first-order valence-electron chi connectivity index (χ1n) is 8.17. The molecule has 1 unspecified atom stereocenters. The van der Waals surface area contributed by atoms with Gasteiger partial charge in [0.15, 0.2) is 0 Å². The van der Waals surface area contributed by atoms with Crippen molar-refractivity contribution in [3.8, 4) is 0 Å². The summed E-state index contributed by atoms with van der Waals surface area (Å²) in [5, 5.41) is 3.58. The third-order valence-corrected chi connectivity index (χ3v) is 4.47. The molecule has 0 saturated carbocycles. The molecule has 0 aromatic rings. The van der Waals surface area contributed by atoms with Crippen molar-refractivity contribution in [3.63, 3.8) is 0 Å². The van der Waals surface area contributed by atoms with Gasteiger partial charge in [-0.15, -0.1) is 0 Å². The maximum Gasteiger partial charge on any atom is 0.391 e. The summed E-state index contributed by atoms with van der Waals surface area (Å²) in [4.78, 5) is 2.19. The van der Waals surface area contributed by atoms with E-state index in [1.807, 2.05) is 0 Å². The molecule has 0 aliphatic carbocycles. The summed E-state index contributed by atoms with van der Waals surface area (Å²) >= 11 is 0. The first kappa shape index (κ1) is 18.8. The summed E-state index contributed by atoms with van der Waals surface area (Å²) in [6, 6.07) is 0.415. The Morgan fingerprint density at radius 2 is 1.71 bits per heavy atom. The third kappa shape index (κ3) is 6.55. The molecule has 5 heteroatoms. The van der Waals surface area contributed by atoms with Crippen molar-refractivity contribution in [2.24, 2.45) is 11.3 Å². The Morgan fingerprint density at radius 3 is 2.14 bits per heavy atom. The fraction of sp³-hybridized carbons (Fsp3) is 1.00. The van der Waals surface area contributed by atoms with E-state index in [0.29, 0.717) is 19.1 Å². The topological polar surface area (TPSA) is 15.3 Å². The molecule has 1 fully saturated rings. The Balaban J connectivity index is 2.37. The Kier molecular flexibility index (Phi) is 6.98. The first-order chi connectivity index (χ1) is 9.64. The van der Waals surface area contributed by atoms with Crippen LogP contribution in [0.4, 0.5) is 13.2 Å². The molecule has 1 aliphatic heterocycles. The molecule has 1 rings (SSSR count). The molecule has 126 valence electrons. The number of rotatable bonds is 6. The number of halogens is 3. The molecule has 0 spiro atoms. The van der Waals surface area contributed by atoms with E-state index in [1.54, 1.807) is 0 Å². The van der Waals surface area contributed by atoms with Crippen LogP contribution < -0.4 is 5.32 Å². The van der Waals surface area contributed by atoms with Gasteiger partial charge in [0.2, 0.25) is 0 Å². The average Bonchev–Trinajstić information content (AvgIpc) is 2.36. The summed E-state index contributed by atoms with van der Waals surface area (Å²) in [5.74, 6) is -1.09. The number of likely N-dealkylation sites (tertiary alicyclic amines) is 1. The van der Waals surface area contributed by atoms with E-state index in [4.69, 9.17) is 0 Å². The van der Waals surface area contributed by atoms with E-state index in [0.717, 1.165) is 25.9 Å². The largest absolute Gasteiger partial charge is 0.391 e.